The molecular formula is C11H8F3NO3. The first kappa shape index (κ1) is 12.4. The maximum atomic E-state index is 12.5. The molecule has 0 fully saturated rings. The number of alkyl halides is 3. The van der Waals surface area contributed by atoms with Crippen LogP contribution in [-0.2, 0) is 11.0 Å². The molecule has 0 spiro atoms. The lowest BCUT2D eigenvalue weighted by Gasteiger charge is -2.06. The summed E-state index contributed by atoms with van der Waals surface area (Å²) >= 11 is 0. The molecule has 1 unspecified atom stereocenters. The Labute approximate surface area is 99.0 Å². The number of carboxylic acid groups (broad SMARTS) is 1. The van der Waals surface area contributed by atoms with E-state index in [0.717, 1.165) is 0 Å². The van der Waals surface area contributed by atoms with Crippen molar-refractivity contribution in [3.63, 3.8) is 0 Å². The molecule has 0 radical (unpaired) electrons. The zero-order chi connectivity index (χ0) is 13.5. The topological polar surface area (TPSA) is 63.3 Å². The van der Waals surface area contributed by atoms with Gasteiger partial charge < -0.3 is 9.63 Å². The predicted octanol–water partition coefficient (Wildman–Crippen LogP) is 3.03. The van der Waals surface area contributed by atoms with Crippen LogP contribution in [0.4, 0.5) is 13.2 Å². The monoisotopic (exact) mass is 259 g/mol. The normalized spacial score (nSPS) is 13.8. The molecule has 4 nitrogen and oxygen atoms in total. The summed E-state index contributed by atoms with van der Waals surface area (Å²) in [7, 11) is 0. The Hall–Kier alpha value is -2.05. The van der Waals surface area contributed by atoms with Gasteiger partial charge in [-0.3, -0.25) is 4.79 Å². The van der Waals surface area contributed by atoms with Crippen LogP contribution in [0.1, 0.15) is 24.1 Å². The number of hydrogen-bond donors (Lipinski definition) is 1. The third kappa shape index (κ3) is 2.03. The molecule has 0 aliphatic heterocycles. The summed E-state index contributed by atoms with van der Waals surface area (Å²) in [6.07, 6.45) is -4.59. The average molecular weight is 259 g/mol. The van der Waals surface area contributed by atoms with Gasteiger partial charge in [-0.1, -0.05) is 11.2 Å². The van der Waals surface area contributed by atoms with Crippen LogP contribution < -0.4 is 0 Å². The Morgan fingerprint density at radius 1 is 1.44 bits per heavy atom. The molecule has 18 heavy (non-hydrogen) atoms. The Morgan fingerprint density at radius 3 is 2.67 bits per heavy atom. The molecule has 1 atom stereocenters. The van der Waals surface area contributed by atoms with E-state index in [1.807, 2.05) is 0 Å². The first-order chi connectivity index (χ1) is 8.30. The van der Waals surface area contributed by atoms with Crippen molar-refractivity contribution < 1.29 is 27.6 Å². The minimum Gasteiger partial charge on any atom is -0.481 e. The predicted molar refractivity (Wildman–Crippen MR) is 55.1 cm³/mol. The molecule has 0 saturated carbocycles. The van der Waals surface area contributed by atoms with E-state index in [4.69, 9.17) is 5.11 Å². The van der Waals surface area contributed by atoms with Crippen molar-refractivity contribution in [3.05, 3.63) is 29.5 Å². The Morgan fingerprint density at radius 2 is 2.11 bits per heavy atom. The van der Waals surface area contributed by atoms with Crippen molar-refractivity contribution in [1.82, 2.24) is 5.16 Å². The third-order valence-electron chi connectivity index (χ3n) is 2.64. The van der Waals surface area contributed by atoms with Gasteiger partial charge in [-0.15, -0.1) is 0 Å². The van der Waals surface area contributed by atoms with Gasteiger partial charge in [0.1, 0.15) is 0 Å². The van der Waals surface area contributed by atoms with Crippen molar-refractivity contribution in [3.8, 4) is 0 Å². The van der Waals surface area contributed by atoms with E-state index < -0.39 is 23.8 Å². The number of halogens is 3. The fraction of sp³-hybridized carbons (Fsp3) is 0.273. The van der Waals surface area contributed by atoms with Crippen molar-refractivity contribution >= 4 is 16.9 Å². The van der Waals surface area contributed by atoms with Gasteiger partial charge in [-0.2, -0.15) is 13.2 Å². The average Bonchev–Trinajstić information content (AvgIpc) is 2.69. The number of hydrogen-bond acceptors (Lipinski definition) is 3. The van der Waals surface area contributed by atoms with Crippen LogP contribution in [0.15, 0.2) is 22.7 Å². The van der Waals surface area contributed by atoms with E-state index in [1.54, 1.807) is 0 Å². The first-order valence-corrected chi connectivity index (χ1v) is 5.00. The molecule has 1 aromatic carbocycles. The Bertz CT molecular complexity index is 603. The molecule has 1 aromatic heterocycles. The second kappa shape index (κ2) is 4.01. The molecule has 0 aliphatic carbocycles. The summed E-state index contributed by atoms with van der Waals surface area (Å²) in [4.78, 5) is 10.8. The summed E-state index contributed by atoms with van der Waals surface area (Å²) in [6.45, 7) is 1.44. The van der Waals surface area contributed by atoms with Gasteiger partial charge in [0.05, 0.1) is 11.3 Å². The minimum atomic E-state index is -4.59. The lowest BCUT2D eigenvalue weighted by atomic mass is 10.00. The van der Waals surface area contributed by atoms with Crippen LogP contribution in [0, 0.1) is 0 Å². The van der Waals surface area contributed by atoms with Crippen LogP contribution >= 0.6 is 0 Å². The van der Waals surface area contributed by atoms with Crippen molar-refractivity contribution in [1.29, 1.82) is 0 Å². The summed E-state index contributed by atoms with van der Waals surface area (Å²) in [5.74, 6) is -1.89. The van der Waals surface area contributed by atoms with E-state index in [1.165, 1.54) is 25.1 Å². The highest BCUT2D eigenvalue weighted by Gasteiger charge is 2.37. The highest BCUT2D eigenvalue weighted by Crippen LogP contribution is 2.34. The summed E-state index contributed by atoms with van der Waals surface area (Å²) in [6, 6.07) is 3.76. The SMILES string of the molecule is CC(C(=O)O)c1ccc2c(C(F)(F)F)noc2c1. The number of aliphatic carboxylic acids is 1. The number of benzene rings is 1. The molecule has 2 rings (SSSR count). The maximum Gasteiger partial charge on any atom is 0.437 e. The van der Waals surface area contributed by atoms with Crippen LogP contribution in [-0.4, -0.2) is 16.2 Å². The smallest absolute Gasteiger partial charge is 0.437 e. The molecule has 0 amide bonds. The van der Waals surface area contributed by atoms with Crippen molar-refractivity contribution in [2.45, 2.75) is 19.0 Å². The number of carboxylic acids is 1. The van der Waals surface area contributed by atoms with E-state index in [2.05, 4.69) is 9.68 Å². The van der Waals surface area contributed by atoms with Gasteiger partial charge in [0.15, 0.2) is 11.3 Å². The van der Waals surface area contributed by atoms with Gasteiger partial charge >= 0.3 is 12.1 Å². The summed E-state index contributed by atoms with van der Waals surface area (Å²) in [5, 5.41) is 11.6. The Kier molecular flexibility index (Phi) is 2.76. The highest BCUT2D eigenvalue weighted by atomic mass is 19.4. The number of fused-ring (bicyclic) bond motifs is 1. The molecule has 0 saturated heterocycles. The third-order valence-corrected chi connectivity index (χ3v) is 2.64. The van der Waals surface area contributed by atoms with Gasteiger partial charge in [0, 0.05) is 0 Å². The second-order valence-electron chi connectivity index (χ2n) is 3.84. The molecule has 1 heterocycles. The van der Waals surface area contributed by atoms with Crippen LogP contribution in [0.5, 0.6) is 0 Å². The first-order valence-electron chi connectivity index (χ1n) is 5.00. The fourth-order valence-electron chi connectivity index (χ4n) is 1.57. The zero-order valence-electron chi connectivity index (χ0n) is 9.15. The van der Waals surface area contributed by atoms with Crippen LogP contribution in [0.3, 0.4) is 0 Å². The van der Waals surface area contributed by atoms with Crippen molar-refractivity contribution in [2.75, 3.05) is 0 Å². The van der Waals surface area contributed by atoms with Gasteiger partial charge in [0.2, 0.25) is 0 Å². The summed E-state index contributed by atoms with van der Waals surface area (Å²) in [5.41, 5.74) is -0.820. The molecule has 0 bridgehead atoms. The second-order valence-corrected chi connectivity index (χ2v) is 3.84. The van der Waals surface area contributed by atoms with Crippen molar-refractivity contribution in [2.24, 2.45) is 0 Å². The van der Waals surface area contributed by atoms with Gasteiger partial charge in [-0.25, -0.2) is 0 Å². The Balaban J connectivity index is 2.53. The molecule has 0 aliphatic rings. The van der Waals surface area contributed by atoms with Crippen LogP contribution in [0.2, 0.25) is 0 Å². The number of rotatable bonds is 2. The minimum absolute atomic E-state index is 0.0760. The molecule has 7 heteroatoms. The number of aromatic nitrogens is 1. The molecule has 96 valence electrons. The van der Waals surface area contributed by atoms with E-state index in [-0.39, 0.29) is 11.0 Å². The molecular weight excluding hydrogens is 251 g/mol. The van der Waals surface area contributed by atoms with E-state index in [9.17, 15) is 18.0 Å². The quantitative estimate of drug-likeness (QED) is 0.900. The standard InChI is InChI=1S/C11H8F3NO3/c1-5(10(16)17)6-2-3-7-8(4-6)18-15-9(7)11(12,13)14/h2-5H,1H3,(H,16,17). The largest absolute Gasteiger partial charge is 0.481 e. The number of nitrogens with zero attached hydrogens (tertiary/aromatic N) is 1. The molecule has 2 aromatic rings. The summed E-state index contributed by atoms with van der Waals surface area (Å²) < 4.78 is 42.1. The highest BCUT2D eigenvalue weighted by molar-refractivity contribution is 5.83. The van der Waals surface area contributed by atoms with Crippen LogP contribution in [0.25, 0.3) is 11.0 Å². The number of carbonyl (C=O) groups is 1. The maximum absolute atomic E-state index is 12.5. The van der Waals surface area contributed by atoms with Gasteiger partial charge in [-0.05, 0) is 24.6 Å². The zero-order valence-corrected chi connectivity index (χ0v) is 9.15. The van der Waals surface area contributed by atoms with Gasteiger partial charge in [0.25, 0.3) is 0 Å². The van der Waals surface area contributed by atoms with E-state index in [0.29, 0.717) is 5.56 Å². The fourth-order valence-corrected chi connectivity index (χ4v) is 1.57. The lowest BCUT2D eigenvalue weighted by Crippen LogP contribution is -2.07. The van der Waals surface area contributed by atoms with E-state index >= 15 is 0 Å². The molecule has 1 N–H and O–H groups in total. The lowest BCUT2D eigenvalue weighted by molar-refractivity contribution is -0.141.